The number of carbonyl (C=O) groups is 7. The molecule has 25 heteroatoms. The molecule has 3 heterocycles. The molecule has 6 atom stereocenters. The summed E-state index contributed by atoms with van der Waals surface area (Å²) in [5, 5.41) is 8.55. The summed E-state index contributed by atoms with van der Waals surface area (Å²) in [6, 6.07) is 67.2. The molecular weight excluding hydrogens is 1330 g/mol. The number of imidazole rings is 1. The summed E-state index contributed by atoms with van der Waals surface area (Å²) >= 11 is 1.38. The molecule has 1 aliphatic heterocycles. The molecule has 11 aromatic rings. The van der Waals surface area contributed by atoms with Crippen molar-refractivity contribution in [1.29, 1.82) is 0 Å². The third kappa shape index (κ3) is 16.5. The summed E-state index contributed by atoms with van der Waals surface area (Å²) < 4.78 is 58.6. The number of carbonyl (C=O) groups excluding carboxylic acids is 7. The van der Waals surface area contributed by atoms with Gasteiger partial charge in [0.1, 0.15) is 29.7 Å². The molecule has 12 rings (SSSR count). The van der Waals surface area contributed by atoms with Crippen LogP contribution in [0, 0.1) is 0 Å². The molecule has 9 aromatic carbocycles. The lowest BCUT2D eigenvalue weighted by Crippen LogP contribution is -2.55. The van der Waals surface area contributed by atoms with E-state index in [0.717, 1.165) is 6.33 Å². The second-order valence-corrected chi connectivity index (χ2v) is 25.3. The highest BCUT2D eigenvalue weighted by Crippen LogP contribution is 2.44. The van der Waals surface area contributed by atoms with Crippen molar-refractivity contribution in [2.75, 3.05) is 23.9 Å². The van der Waals surface area contributed by atoms with Crippen LogP contribution in [0.3, 0.4) is 0 Å². The van der Waals surface area contributed by atoms with Crippen LogP contribution in [0.4, 0.5) is 5.82 Å². The summed E-state index contributed by atoms with van der Waals surface area (Å²) in [5.74, 6) is -4.49. The molecule has 23 nitrogen and oxygen atoms in total. The van der Waals surface area contributed by atoms with Gasteiger partial charge in [0.05, 0.1) is 52.3 Å². The van der Waals surface area contributed by atoms with Gasteiger partial charge in [0.25, 0.3) is 5.91 Å². The predicted molar refractivity (Wildman–Crippen MR) is 372 cm³/mol. The molecule has 508 valence electrons. The highest BCUT2D eigenvalue weighted by Gasteiger charge is 2.52. The molecule has 1 unspecified atom stereocenters. The predicted octanol–water partition coefficient (Wildman–Crippen LogP) is 12.0. The van der Waals surface area contributed by atoms with Gasteiger partial charge >= 0.3 is 37.6 Å². The van der Waals surface area contributed by atoms with Crippen LogP contribution in [0.15, 0.2) is 267 Å². The van der Waals surface area contributed by atoms with Crippen LogP contribution in [0.25, 0.3) is 11.2 Å². The number of fused-ring (bicyclic) bond motifs is 1. The van der Waals surface area contributed by atoms with Crippen LogP contribution in [0.1, 0.15) is 91.5 Å². The monoisotopic (exact) mass is 1390 g/mol. The van der Waals surface area contributed by atoms with Crippen LogP contribution < -0.4 is 29.9 Å². The lowest BCUT2D eigenvalue weighted by molar-refractivity contribution is -0.122. The van der Waals surface area contributed by atoms with Gasteiger partial charge in [0.2, 0.25) is 5.91 Å². The van der Waals surface area contributed by atoms with Gasteiger partial charge in [-0.1, -0.05) is 146 Å². The number of ether oxygens (including phenoxy) is 6. The molecule has 0 aliphatic carbocycles. The average molecular weight is 1390 g/mol. The average Bonchev–Trinajstić information content (AvgIpc) is 1.68. The maximum Gasteiger partial charge on any atom is 0.432 e. The van der Waals surface area contributed by atoms with E-state index in [1.165, 1.54) is 46.9 Å². The Morgan fingerprint density at radius 1 is 0.525 bits per heavy atom. The van der Waals surface area contributed by atoms with Crippen molar-refractivity contribution >= 4 is 78.2 Å². The van der Waals surface area contributed by atoms with E-state index in [4.69, 9.17) is 32.9 Å². The quantitative estimate of drug-likeness (QED) is 0.0169. The van der Waals surface area contributed by atoms with Crippen LogP contribution >= 0.6 is 19.5 Å². The van der Waals surface area contributed by atoms with Crippen molar-refractivity contribution < 1.29 is 76.0 Å². The van der Waals surface area contributed by atoms with Crippen molar-refractivity contribution in [2.45, 2.75) is 42.5 Å². The standard InChI is InChI=1S/C76H62N7O16PS/c1-101-45-44-61(81-76(55-32-38-58(39-33-55)94-71(86)50-22-10-3-11-23-50,56-34-40-59(41-35-56)95-72(87)51-24-12-4-13-25-51)57-36-42-60(43-37-57)96-73(88)52-26-14-5-15-27-52)69(85)82-100(91,92)93-46-62-64(98-74(89)53-28-16-6-17-29-53)65(99-75(90)54-30-18-7-19-31-54)70(97-62)83-48-79-63-66(77-47-78-67(63)83)80-68(84)49-20-8-2-9-21-49/h2-43,47-48,61-62,64-65,70,81H,44-46H2,1H3,(H,77,78,80,84)(H2,82,85,91,92)/t61-,62+,64+,65+,70+/m0/s1. The first-order chi connectivity index (χ1) is 49.1. The number of hydrogen-bond donors (Lipinski definition) is 4. The van der Waals surface area contributed by atoms with Crippen molar-refractivity contribution in [3.05, 3.63) is 318 Å². The number of rotatable bonds is 26. The smallest absolute Gasteiger partial charge is 0.432 e. The fourth-order valence-corrected chi connectivity index (χ4v) is 12.6. The second kappa shape index (κ2) is 31.8. The summed E-state index contributed by atoms with van der Waals surface area (Å²) in [7, 11) is -5.38. The van der Waals surface area contributed by atoms with Crippen LogP contribution in [0.5, 0.6) is 17.2 Å². The number of amides is 2. The first kappa shape index (κ1) is 69.2. The minimum absolute atomic E-state index is 0.00378. The SMILES string of the molecule is CSCC[C@H](NC(c1ccc(OC(=O)c2ccccc2)cc1)(c1ccc(OC(=O)c2ccccc2)cc1)c1ccc(OC(=O)c2ccccc2)cc1)C(=O)NP(=O)(O)OC[C@H]1O[C@@H](n2cnc3c(NC(=O)c4ccccc4)ncnc32)[C@H](OC(=O)c2ccccc2)[C@@H]1OC(=O)c1ccccc1. The summed E-state index contributed by atoms with van der Waals surface area (Å²) in [6.45, 7) is -0.910. The lowest BCUT2D eigenvalue weighted by atomic mass is 9.76. The second-order valence-electron chi connectivity index (χ2n) is 22.8. The summed E-state index contributed by atoms with van der Waals surface area (Å²) in [5.41, 5.74) is 1.07. The fraction of sp³-hybridized carbons (Fsp3) is 0.132. The molecule has 1 saturated heterocycles. The molecule has 0 spiro atoms. The molecular formula is C76H62N7O16PS. The lowest BCUT2D eigenvalue weighted by Gasteiger charge is -2.40. The van der Waals surface area contributed by atoms with E-state index in [-0.39, 0.29) is 51.8 Å². The van der Waals surface area contributed by atoms with Gasteiger partial charge in [-0.15, -0.1) is 0 Å². The third-order valence-electron chi connectivity index (χ3n) is 16.2. The van der Waals surface area contributed by atoms with Crippen molar-refractivity contribution in [3.63, 3.8) is 0 Å². The van der Waals surface area contributed by atoms with Gasteiger partial charge in [0, 0.05) is 5.56 Å². The Balaban J connectivity index is 0.892. The Morgan fingerprint density at radius 2 is 0.921 bits per heavy atom. The number of aromatic nitrogens is 4. The molecule has 101 heavy (non-hydrogen) atoms. The Kier molecular flexibility index (Phi) is 21.8. The topological polar surface area (TPSA) is 301 Å². The molecule has 0 radical (unpaired) electrons. The van der Waals surface area contributed by atoms with Gasteiger partial charge in [-0.2, -0.15) is 11.8 Å². The van der Waals surface area contributed by atoms with Gasteiger partial charge in [-0.05, 0) is 144 Å². The Morgan fingerprint density at radius 3 is 1.34 bits per heavy atom. The van der Waals surface area contributed by atoms with Gasteiger partial charge in [-0.3, -0.25) is 29.1 Å². The summed E-state index contributed by atoms with van der Waals surface area (Å²) in [6.07, 6.45) is -2.07. The highest BCUT2D eigenvalue weighted by atomic mass is 32.2. The van der Waals surface area contributed by atoms with Crippen LogP contribution in [0.2, 0.25) is 0 Å². The summed E-state index contributed by atoms with van der Waals surface area (Å²) in [4.78, 5) is 123. The van der Waals surface area contributed by atoms with Crippen LogP contribution in [-0.4, -0.2) is 109 Å². The zero-order chi connectivity index (χ0) is 70.3. The zero-order valence-electron chi connectivity index (χ0n) is 53.6. The van der Waals surface area contributed by atoms with E-state index in [1.807, 2.05) is 6.26 Å². The highest BCUT2D eigenvalue weighted by molar-refractivity contribution is 7.98. The maximum atomic E-state index is 15.4. The van der Waals surface area contributed by atoms with E-state index in [9.17, 15) is 38.2 Å². The van der Waals surface area contributed by atoms with Gasteiger partial charge in [-0.25, -0.2) is 43.5 Å². The van der Waals surface area contributed by atoms with E-state index in [1.54, 1.807) is 231 Å². The van der Waals surface area contributed by atoms with Crippen LogP contribution in [-0.2, 0) is 33.6 Å². The van der Waals surface area contributed by atoms with Gasteiger partial charge in [0.15, 0.2) is 35.4 Å². The Bertz CT molecular complexity index is 4550. The molecule has 0 bridgehead atoms. The number of benzene rings is 9. The molecule has 4 N–H and O–H groups in total. The molecule has 0 saturated carbocycles. The Hall–Kier alpha value is -11.8. The number of nitrogens with zero attached hydrogens (tertiary/aromatic N) is 4. The number of thioether (sulfide) groups is 1. The fourth-order valence-electron chi connectivity index (χ4n) is 11.2. The molecule has 1 aliphatic rings. The molecule has 1 fully saturated rings. The minimum atomic E-state index is -5.38. The number of esters is 5. The third-order valence-corrected chi connectivity index (χ3v) is 17.8. The van der Waals surface area contributed by atoms with Gasteiger partial charge < -0.3 is 38.6 Å². The first-order valence-corrected chi connectivity index (χ1v) is 34.5. The van der Waals surface area contributed by atoms with E-state index in [0.29, 0.717) is 44.7 Å². The number of anilines is 1. The molecule has 2 amide bonds. The van der Waals surface area contributed by atoms with E-state index < -0.39 is 92.1 Å². The Labute approximate surface area is 582 Å². The van der Waals surface area contributed by atoms with Crippen molar-refractivity contribution in [2.24, 2.45) is 0 Å². The number of nitrogens with one attached hydrogen (secondary N) is 3. The van der Waals surface area contributed by atoms with Crippen molar-refractivity contribution in [1.82, 2.24) is 29.9 Å². The zero-order valence-corrected chi connectivity index (χ0v) is 55.3. The minimum Gasteiger partial charge on any atom is -0.452 e. The van der Waals surface area contributed by atoms with E-state index in [2.05, 4.69) is 30.7 Å². The number of hydrogen-bond acceptors (Lipinski definition) is 20. The molecule has 2 aromatic heterocycles. The van der Waals surface area contributed by atoms with E-state index >= 15 is 4.79 Å². The largest absolute Gasteiger partial charge is 0.452 e. The first-order valence-electron chi connectivity index (χ1n) is 31.5. The van der Waals surface area contributed by atoms with Crippen molar-refractivity contribution in [3.8, 4) is 17.2 Å². The normalized spacial score (nSPS) is 15.8. The maximum absolute atomic E-state index is 15.4.